The van der Waals surface area contributed by atoms with E-state index in [4.69, 9.17) is 0 Å². The van der Waals surface area contributed by atoms with Crippen LogP contribution >= 0.6 is 0 Å². The van der Waals surface area contributed by atoms with Gasteiger partial charge in [-0.1, -0.05) is 12.1 Å². The second kappa shape index (κ2) is 9.03. The molecule has 8 nitrogen and oxygen atoms in total. The van der Waals surface area contributed by atoms with E-state index in [1.807, 2.05) is 19.4 Å². The number of benzene rings is 1. The zero-order valence-corrected chi connectivity index (χ0v) is 19.5. The Morgan fingerprint density at radius 3 is 2.57 bits per heavy atom. The Bertz CT molecular complexity index is 1190. The molecule has 2 unspecified atom stereocenters. The first-order valence-corrected chi connectivity index (χ1v) is 11.5. The predicted octanol–water partition coefficient (Wildman–Crippen LogP) is 3.07. The molecule has 3 aromatic rings. The van der Waals surface area contributed by atoms with Gasteiger partial charge in [0.25, 0.3) is 5.91 Å². The lowest BCUT2D eigenvalue weighted by atomic mass is 10.1. The number of aromatic nitrogens is 4. The summed E-state index contributed by atoms with van der Waals surface area (Å²) in [4.78, 5) is 21.6. The van der Waals surface area contributed by atoms with Crippen LogP contribution in [0.3, 0.4) is 0 Å². The molecule has 1 aliphatic carbocycles. The zero-order chi connectivity index (χ0) is 24.7. The van der Waals surface area contributed by atoms with Gasteiger partial charge < -0.3 is 14.2 Å². The number of imidazole rings is 1. The summed E-state index contributed by atoms with van der Waals surface area (Å²) in [7, 11) is 3.69. The van der Waals surface area contributed by atoms with Crippen molar-refractivity contribution in [3.63, 3.8) is 0 Å². The molecule has 0 N–H and O–H groups in total. The number of aryl methyl sites for hydroxylation is 2. The minimum absolute atomic E-state index is 0.180. The first kappa shape index (κ1) is 23.4. The molecule has 2 atom stereocenters. The monoisotopic (exact) mass is 488 g/mol. The molecule has 5 rings (SSSR count). The Balaban J connectivity index is 1.26. The van der Waals surface area contributed by atoms with Crippen LogP contribution in [0.4, 0.5) is 13.2 Å². The molecule has 11 heteroatoms. The van der Waals surface area contributed by atoms with E-state index < -0.39 is 6.36 Å². The second-order valence-electron chi connectivity index (χ2n) is 9.51. The van der Waals surface area contributed by atoms with Gasteiger partial charge in [0.2, 0.25) is 0 Å². The van der Waals surface area contributed by atoms with Crippen LogP contribution in [-0.4, -0.2) is 61.0 Å². The molecule has 1 amide bonds. The number of carbonyl (C=O) groups excluding carboxylic acids is 1. The topological polar surface area (TPSA) is 68.4 Å². The number of halogens is 3. The lowest BCUT2D eigenvalue weighted by Crippen LogP contribution is -2.35. The van der Waals surface area contributed by atoms with Crippen LogP contribution in [-0.2, 0) is 27.2 Å². The van der Waals surface area contributed by atoms with E-state index in [0.29, 0.717) is 35.6 Å². The molecule has 2 aromatic heterocycles. The minimum atomic E-state index is -4.77. The largest absolute Gasteiger partial charge is 0.573 e. The maximum atomic E-state index is 13.3. The number of carbonyl (C=O) groups is 1. The van der Waals surface area contributed by atoms with Crippen LogP contribution in [0.1, 0.15) is 21.6 Å². The number of fused-ring (bicyclic) bond motifs is 1. The van der Waals surface area contributed by atoms with Gasteiger partial charge in [0, 0.05) is 64.8 Å². The third-order valence-corrected chi connectivity index (χ3v) is 6.76. The fourth-order valence-electron chi connectivity index (χ4n) is 5.17. The molecule has 1 aliphatic heterocycles. The van der Waals surface area contributed by atoms with E-state index >= 15 is 0 Å². The molecule has 186 valence electrons. The van der Waals surface area contributed by atoms with Crippen LogP contribution in [0, 0.1) is 17.8 Å². The number of likely N-dealkylation sites (tertiary alicyclic amines) is 1. The van der Waals surface area contributed by atoms with E-state index in [2.05, 4.69) is 19.7 Å². The molecular weight excluding hydrogens is 461 g/mol. The summed E-state index contributed by atoms with van der Waals surface area (Å²) in [5, 5.41) is 4.23. The van der Waals surface area contributed by atoms with Gasteiger partial charge in [0.05, 0.1) is 12.5 Å². The summed E-state index contributed by atoms with van der Waals surface area (Å²) in [6.07, 6.45) is 2.35. The van der Waals surface area contributed by atoms with Gasteiger partial charge >= 0.3 is 6.36 Å². The van der Waals surface area contributed by atoms with Crippen molar-refractivity contribution in [3.05, 3.63) is 66.0 Å². The highest BCUT2D eigenvalue weighted by atomic mass is 19.4. The van der Waals surface area contributed by atoms with Gasteiger partial charge in [-0.2, -0.15) is 5.10 Å². The van der Waals surface area contributed by atoms with Crippen molar-refractivity contribution in [1.82, 2.24) is 29.1 Å². The molecule has 0 radical (unpaired) electrons. The molecule has 2 fully saturated rings. The summed E-state index contributed by atoms with van der Waals surface area (Å²) in [6.45, 7) is 3.50. The molecule has 1 saturated heterocycles. The second-order valence-corrected chi connectivity index (χ2v) is 9.51. The summed E-state index contributed by atoms with van der Waals surface area (Å²) >= 11 is 0. The molecule has 1 aromatic carbocycles. The molecule has 3 heterocycles. The van der Waals surface area contributed by atoms with E-state index in [1.54, 1.807) is 39.8 Å². The first-order valence-electron chi connectivity index (χ1n) is 11.5. The van der Waals surface area contributed by atoms with Crippen molar-refractivity contribution < 1.29 is 22.7 Å². The highest BCUT2D eigenvalue weighted by molar-refractivity contribution is 5.92. The number of amides is 1. The van der Waals surface area contributed by atoms with Gasteiger partial charge in [-0.3, -0.25) is 14.4 Å². The highest BCUT2D eigenvalue weighted by Gasteiger charge is 2.56. The standard InChI is InChI=1S/C24H27F3N6O2/c1-30-14-22(28-15-30)23(34)33(10-16-4-3-5-18(6-16)35-24(25,26)27)13-21-19-11-32(12-20(19)21)9-17-7-29-31(2)8-17/h3-8,14-15,19-21H,9-13H2,1-2H3. The normalized spacial score (nSPS) is 21.7. The third kappa shape index (κ3) is 5.50. The van der Waals surface area contributed by atoms with Crippen LogP contribution in [0.5, 0.6) is 5.75 Å². The average molecular weight is 489 g/mol. The van der Waals surface area contributed by atoms with Crippen molar-refractivity contribution >= 4 is 5.91 Å². The smallest absolute Gasteiger partial charge is 0.406 e. The lowest BCUT2D eigenvalue weighted by Gasteiger charge is -2.25. The van der Waals surface area contributed by atoms with Crippen LogP contribution < -0.4 is 4.74 Å². The number of hydrogen-bond donors (Lipinski definition) is 0. The molecular formula is C24H27F3N6O2. The molecule has 0 bridgehead atoms. The summed E-state index contributed by atoms with van der Waals surface area (Å²) in [5.74, 6) is 0.845. The van der Waals surface area contributed by atoms with Gasteiger partial charge in [0.15, 0.2) is 0 Å². The zero-order valence-electron chi connectivity index (χ0n) is 19.5. The fourth-order valence-corrected chi connectivity index (χ4v) is 5.17. The van der Waals surface area contributed by atoms with Crippen LogP contribution in [0.25, 0.3) is 0 Å². The third-order valence-electron chi connectivity index (χ3n) is 6.76. The van der Waals surface area contributed by atoms with E-state index in [0.717, 1.165) is 19.6 Å². The van der Waals surface area contributed by atoms with E-state index in [9.17, 15) is 18.0 Å². The Kier molecular flexibility index (Phi) is 6.04. The van der Waals surface area contributed by atoms with Gasteiger partial charge in [-0.15, -0.1) is 13.2 Å². The van der Waals surface area contributed by atoms with Crippen molar-refractivity contribution in [2.45, 2.75) is 19.5 Å². The molecule has 2 aliphatic rings. The van der Waals surface area contributed by atoms with Gasteiger partial charge in [-0.25, -0.2) is 4.98 Å². The maximum absolute atomic E-state index is 13.3. The van der Waals surface area contributed by atoms with Gasteiger partial charge in [-0.05, 0) is 35.4 Å². The Hall–Kier alpha value is -3.34. The number of alkyl halides is 3. The van der Waals surface area contributed by atoms with Gasteiger partial charge in [0.1, 0.15) is 11.4 Å². The van der Waals surface area contributed by atoms with Crippen molar-refractivity contribution in [3.8, 4) is 5.75 Å². The van der Waals surface area contributed by atoms with Crippen molar-refractivity contribution in [1.29, 1.82) is 0 Å². The number of rotatable bonds is 8. The highest BCUT2D eigenvalue weighted by Crippen LogP contribution is 2.52. The predicted molar refractivity (Wildman–Crippen MR) is 120 cm³/mol. The molecule has 35 heavy (non-hydrogen) atoms. The van der Waals surface area contributed by atoms with Crippen LogP contribution in [0.2, 0.25) is 0 Å². The first-order chi connectivity index (χ1) is 16.6. The minimum Gasteiger partial charge on any atom is -0.406 e. The van der Waals surface area contributed by atoms with Crippen LogP contribution in [0.15, 0.2) is 49.2 Å². The number of hydrogen-bond acceptors (Lipinski definition) is 5. The molecule has 0 spiro atoms. The maximum Gasteiger partial charge on any atom is 0.573 e. The summed E-state index contributed by atoms with van der Waals surface area (Å²) < 4.78 is 45.5. The average Bonchev–Trinajstić information content (AvgIpc) is 3.22. The SMILES string of the molecule is Cn1cnc(C(=O)N(Cc2cccc(OC(F)(F)F)c2)CC2C3CN(Cc4cnn(C)c4)CC32)c1. The van der Waals surface area contributed by atoms with Crippen molar-refractivity contribution in [2.75, 3.05) is 19.6 Å². The number of piperidine rings is 1. The Labute approximate surface area is 200 Å². The van der Waals surface area contributed by atoms with E-state index in [-0.39, 0.29) is 18.2 Å². The molecule has 1 saturated carbocycles. The Morgan fingerprint density at radius 2 is 1.94 bits per heavy atom. The number of nitrogens with zero attached hydrogens (tertiary/aromatic N) is 6. The van der Waals surface area contributed by atoms with Crippen molar-refractivity contribution in [2.24, 2.45) is 31.8 Å². The lowest BCUT2D eigenvalue weighted by molar-refractivity contribution is -0.274. The summed E-state index contributed by atoms with van der Waals surface area (Å²) in [5.41, 5.74) is 2.07. The fraction of sp³-hybridized carbons (Fsp3) is 0.458. The number of ether oxygens (including phenoxy) is 1. The quantitative estimate of drug-likeness (QED) is 0.488. The Morgan fingerprint density at radius 1 is 1.17 bits per heavy atom. The summed E-state index contributed by atoms with van der Waals surface area (Å²) in [6, 6.07) is 5.78. The van der Waals surface area contributed by atoms with E-state index in [1.165, 1.54) is 23.8 Å².